The molecule has 0 aliphatic rings. The summed E-state index contributed by atoms with van der Waals surface area (Å²) in [5.41, 5.74) is 7.05. The zero-order valence-electron chi connectivity index (χ0n) is 14.5. The first-order valence-electron chi connectivity index (χ1n) is 8.52. The topological polar surface area (TPSA) is 25.8 Å². The summed E-state index contributed by atoms with van der Waals surface area (Å²) in [6.07, 6.45) is 0. The predicted octanol–water partition coefficient (Wildman–Crippen LogP) is 6.86. The molecule has 0 aliphatic carbocycles. The molecule has 0 bridgehead atoms. The Balaban J connectivity index is 1.64. The van der Waals surface area contributed by atoms with Crippen molar-refractivity contribution < 1.29 is 0 Å². The number of para-hydroxylation sites is 2. The van der Waals surface area contributed by atoms with Crippen molar-refractivity contribution >= 4 is 43.1 Å². The predicted molar refractivity (Wildman–Crippen MR) is 113 cm³/mol. The molecule has 0 saturated carbocycles. The fourth-order valence-electron chi connectivity index (χ4n) is 3.25. The molecule has 0 radical (unpaired) electrons. The van der Waals surface area contributed by atoms with Gasteiger partial charge in [-0.1, -0.05) is 24.3 Å². The Morgan fingerprint density at radius 2 is 1.04 bits per heavy atom. The lowest BCUT2D eigenvalue weighted by molar-refractivity contribution is 1.35. The lowest BCUT2D eigenvalue weighted by atomic mass is 10.0. The highest BCUT2D eigenvalue weighted by Crippen LogP contribution is 2.37. The molecule has 0 amide bonds. The van der Waals surface area contributed by atoms with Crippen molar-refractivity contribution in [3.05, 3.63) is 71.8 Å². The van der Waals surface area contributed by atoms with Gasteiger partial charge in [0, 0.05) is 11.1 Å². The number of thiazole rings is 2. The zero-order chi connectivity index (χ0) is 17.7. The maximum Gasteiger partial charge on any atom is 0.124 e. The molecule has 0 saturated heterocycles. The van der Waals surface area contributed by atoms with Crippen molar-refractivity contribution in [2.45, 2.75) is 13.8 Å². The van der Waals surface area contributed by atoms with Crippen LogP contribution in [0, 0.1) is 13.8 Å². The second-order valence-electron chi connectivity index (χ2n) is 6.46. The summed E-state index contributed by atoms with van der Waals surface area (Å²) in [5, 5.41) is 2.17. The van der Waals surface area contributed by atoms with Crippen LogP contribution in [-0.4, -0.2) is 9.97 Å². The van der Waals surface area contributed by atoms with E-state index in [-0.39, 0.29) is 0 Å². The van der Waals surface area contributed by atoms with Crippen LogP contribution in [-0.2, 0) is 0 Å². The average Bonchev–Trinajstić information content (AvgIpc) is 3.26. The van der Waals surface area contributed by atoms with Crippen molar-refractivity contribution in [3.63, 3.8) is 0 Å². The van der Waals surface area contributed by atoms with Gasteiger partial charge in [-0.15, -0.1) is 22.7 Å². The summed E-state index contributed by atoms with van der Waals surface area (Å²) in [6.45, 7) is 4.33. The number of aromatic nitrogens is 2. The molecule has 4 heteroatoms. The van der Waals surface area contributed by atoms with Crippen molar-refractivity contribution in [1.29, 1.82) is 0 Å². The second-order valence-corrected chi connectivity index (χ2v) is 8.52. The SMILES string of the molecule is Cc1cc(-c2nc3ccccc3s2)c(C)cc1-c1nc2ccccc2s1. The van der Waals surface area contributed by atoms with Crippen molar-refractivity contribution in [3.8, 4) is 21.1 Å². The Morgan fingerprint density at radius 3 is 1.46 bits per heavy atom. The Kier molecular flexibility index (Phi) is 3.62. The van der Waals surface area contributed by atoms with Crippen molar-refractivity contribution in [1.82, 2.24) is 9.97 Å². The number of aryl methyl sites for hydroxylation is 2. The van der Waals surface area contributed by atoms with Gasteiger partial charge in [0.15, 0.2) is 0 Å². The van der Waals surface area contributed by atoms with Gasteiger partial charge in [0.1, 0.15) is 10.0 Å². The number of fused-ring (bicyclic) bond motifs is 2. The maximum atomic E-state index is 4.83. The fourth-order valence-corrected chi connectivity index (χ4v) is 5.35. The molecule has 5 rings (SSSR count). The van der Waals surface area contributed by atoms with Crippen molar-refractivity contribution in [2.75, 3.05) is 0 Å². The van der Waals surface area contributed by atoms with E-state index in [1.54, 1.807) is 22.7 Å². The summed E-state index contributed by atoms with van der Waals surface area (Å²) < 4.78 is 2.46. The number of hydrogen-bond donors (Lipinski definition) is 0. The summed E-state index contributed by atoms with van der Waals surface area (Å²) >= 11 is 3.51. The first-order chi connectivity index (χ1) is 12.7. The number of benzene rings is 3. The molecule has 0 fully saturated rings. The smallest absolute Gasteiger partial charge is 0.124 e. The van der Waals surface area contributed by atoms with E-state index >= 15 is 0 Å². The lowest BCUT2D eigenvalue weighted by Gasteiger charge is -2.09. The molecule has 0 N–H and O–H groups in total. The van der Waals surface area contributed by atoms with E-state index in [1.165, 1.54) is 31.7 Å². The summed E-state index contributed by atoms with van der Waals surface area (Å²) in [5.74, 6) is 0. The van der Waals surface area contributed by atoms with Crippen LogP contribution in [0.1, 0.15) is 11.1 Å². The van der Waals surface area contributed by atoms with Crippen molar-refractivity contribution in [2.24, 2.45) is 0 Å². The third kappa shape index (κ3) is 2.54. The maximum absolute atomic E-state index is 4.83. The number of hydrogen-bond acceptors (Lipinski definition) is 4. The lowest BCUT2D eigenvalue weighted by Crippen LogP contribution is -1.89. The minimum absolute atomic E-state index is 1.07. The Labute approximate surface area is 159 Å². The first kappa shape index (κ1) is 15.7. The molecule has 3 aromatic carbocycles. The van der Waals surface area contributed by atoms with Gasteiger partial charge in [0.2, 0.25) is 0 Å². The molecule has 26 heavy (non-hydrogen) atoms. The Bertz CT molecular complexity index is 1100. The van der Waals surface area contributed by atoms with Crippen LogP contribution < -0.4 is 0 Å². The van der Waals surface area contributed by atoms with Crippen LogP contribution in [0.3, 0.4) is 0 Å². The van der Waals surface area contributed by atoms with Gasteiger partial charge in [-0.3, -0.25) is 0 Å². The average molecular weight is 373 g/mol. The molecule has 0 unspecified atom stereocenters. The number of rotatable bonds is 2. The first-order valence-corrected chi connectivity index (χ1v) is 10.2. The van der Waals surface area contributed by atoms with Crippen LogP contribution in [0.15, 0.2) is 60.7 Å². The van der Waals surface area contributed by atoms with E-state index in [2.05, 4.69) is 62.4 Å². The molecule has 5 aromatic rings. The molecule has 0 spiro atoms. The highest BCUT2D eigenvalue weighted by molar-refractivity contribution is 7.22. The van der Waals surface area contributed by atoms with Gasteiger partial charge in [-0.05, 0) is 61.4 Å². The van der Waals surface area contributed by atoms with Gasteiger partial charge >= 0.3 is 0 Å². The molecule has 2 heterocycles. The summed E-state index contributed by atoms with van der Waals surface area (Å²) in [4.78, 5) is 9.66. The van der Waals surface area contributed by atoms with Crippen LogP contribution in [0.4, 0.5) is 0 Å². The molecular formula is C22H16N2S2. The van der Waals surface area contributed by atoms with E-state index in [4.69, 9.17) is 9.97 Å². The second kappa shape index (κ2) is 6.01. The minimum Gasteiger partial charge on any atom is -0.236 e. The largest absolute Gasteiger partial charge is 0.236 e. The monoisotopic (exact) mass is 372 g/mol. The van der Waals surface area contributed by atoms with Crippen LogP contribution >= 0.6 is 22.7 Å². The van der Waals surface area contributed by atoms with E-state index in [0.29, 0.717) is 0 Å². The highest BCUT2D eigenvalue weighted by Gasteiger charge is 2.14. The van der Waals surface area contributed by atoms with E-state index in [1.807, 2.05) is 12.1 Å². The zero-order valence-corrected chi connectivity index (χ0v) is 16.1. The molecule has 2 nitrogen and oxygen atoms in total. The van der Waals surface area contributed by atoms with Crippen LogP contribution in [0.2, 0.25) is 0 Å². The van der Waals surface area contributed by atoms with Gasteiger partial charge < -0.3 is 0 Å². The summed E-state index contributed by atoms with van der Waals surface area (Å²) in [6, 6.07) is 21.2. The van der Waals surface area contributed by atoms with Crippen LogP contribution in [0.25, 0.3) is 41.6 Å². The van der Waals surface area contributed by atoms with Gasteiger partial charge in [-0.25, -0.2) is 9.97 Å². The molecule has 2 aromatic heterocycles. The highest BCUT2D eigenvalue weighted by atomic mass is 32.1. The normalized spacial score (nSPS) is 11.5. The quantitative estimate of drug-likeness (QED) is 0.338. The fraction of sp³-hybridized carbons (Fsp3) is 0.0909. The molecule has 0 aliphatic heterocycles. The van der Waals surface area contributed by atoms with Gasteiger partial charge in [0.25, 0.3) is 0 Å². The number of nitrogens with zero attached hydrogens (tertiary/aromatic N) is 2. The molecular weight excluding hydrogens is 356 g/mol. The molecule has 126 valence electrons. The summed E-state index contributed by atoms with van der Waals surface area (Å²) in [7, 11) is 0. The van der Waals surface area contributed by atoms with Crippen LogP contribution in [0.5, 0.6) is 0 Å². The van der Waals surface area contributed by atoms with E-state index in [9.17, 15) is 0 Å². The van der Waals surface area contributed by atoms with Gasteiger partial charge in [0.05, 0.1) is 20.4 Å². The standard InChI is InChI=1S/C22H16N2S2/c1-13-11-16(22-24-18-8-4-6-10-20(18)26-22)14(2)12-15(13)21-23-17-7-3-5-9-19(17)25-21/h3-12H,1-2H3. The Hall–Kier alpha value is -2.56. The van der Waals surface area contributed by atoms with Gasteiger partial charge in [-0.2, -0.15) is 0 Å². The van der Waals surface area contributed by atoms with E-state index < -0.39 is 0 Å². The minimum atomic E-state index is 1.07. The third-order valence-electron chi connectivity index (χ3n) is 4.62. The Morgan fingerprint density at radius 1 is 0.615 bits per heavy atom. The van der Waals surface area contributed by atoms with E-state index in [0.717, 1.165) is 21.0 Å². The molecule has 0 atom stereocenters. The third-order valence-corrected chi connectivity index (χ3v) is 6.76.